The zero-order chi connectivity index (χ0) is 11.3. The van der Waals surface area contributed by atoms with Crippen molar-refractivity contribution in [3.05, 3.63) is 0 Å². The minimum absolute atomic E-state index is 0.133. The zero-order valence-corrected chi connectivity index (χ0v) is 9.28. The van der Waals surface area contributed by atoms with E-state index in [0.29, 0.717) is 13.0 Å². The highest BCUT2D eigenvalue weighted by molar-refractivity contribution is 5.78. The summed E-state index contributed by atoms with van der Waals surface area (Å²) < 4.78 is 0. The molecule has 0 heterocycles. The van der Waals surface area contributed by atoms with E-state index in [0.717, 1.165) is 25.7 Å². The summed E-state index contributed by atoms with van der Waals surface area (Å²) in [6.07, 6.45) is 4.10. The van der Waals surface area contributed by atoms with Crippen molar-refractivity contribution in [3.63, 3.8) is 0 Å². The van der Waals surface area contributed by atoms with Crippen LogP contribution in [-0.4, -0.2) is 30.4 Å². The van der Waals surface area contributed by atoms with E-state index >= 15 is 0 Å². The highest BCUT2D eigenvalue weighted by Crippen LogP contribution is 2.24. The Morgan fingerprint density at radius 1 is 1.47 bits per heavy atom. The molecule has 0 spiro atoms. The van der Waals surface area contributed by atoms with Crippen LogP contribution in [0.2, 0.25) is 0 Å². The molecular weight excluding hydrogens is 190 g/mol. The highest BCUT2D eigenvalue weighted by atomic mass is 16.2. The van der Waals surface area contributed by atoms with E-state index in [1.165, 1.54) is 0 Å². The lowest BCUT2D eigenvalue weighted by atomic mass is 9.85. The van der Waals surface area contributed by atoms with Crippen LogP contribution in [0.25, 0.3) is 0 Å². The van der Waals surface area contributed by atoms with Crippen molar-refractivity contribution in [1.82, 2.24) is 4.90 Å². The monoisotopic (exact) mass is 209 g/mol. The first kappa shape index (κ1) is 12.0. The summed E-state index contributed by atoms with van der Waals surface area (Å²) in [6.45, 7) is 0.540. The second kappa shape index (κ2) is 5.72. The Morgan fingerprint density at radius 2 is 2.07 bits per heavy atom. The van der Waals surface area contributed by atoms with Gasteiger partial charge in [0.15, 0.2) is 0 Å². The van der Waals surface area contributed by atoms with Gasteiger partial charge in [-0.3, -0.25) is 4.79 Å². The van der Waals surface area contributed by atoms with Crippen LogP contribution in [0.5, 0.6) is 0 Å². The first-order valence-corrected chi connectivity index (χ1v) is 5.52. The molecule has 1 fully saturated rings. The minimum Gasteiger partial charge on any atom is -0.344 e. The van der Waals surface area contributed by atoms with Crippen LogP contribution in [0.4, 0.5) is 0 Å². The van der Waals surface area contributed by atoms with Crippen LogP contribution in [0.15, 0.2) is 0 Å². The van der Waals surface area contributed by atoms with E-state index in [4.69, 9.17) is 11.0 Å². The van der Waals surface area contributed by atoms with Crippen LogP contribution >= 0.6 is 0 Å². The van der Waals surface area contributed by atoms with Gasteiger partial charge in [0.2, 0.25) is 5.91 Å². The Bertz CT molecular complexity index is 251. The lowest BCUT2D eigenvalue weighted by Crippen LogP contribution is -2.37. The van der Waals surface area contributed by atoms with Gasteiger partial charge in [-0.15, -0.1) is 0 Å². The fourth-order valence-electron chi connectivity index (χ4n) is 2.01. The fourth-order valence-corrected chi connectivity index (χ4v) is 2.01. The third-order valence-corrected chi connectivity index (χ3v) is 3.06. The van der Waals surface area contributed by atoms with Crippen molar-refractivity contribution >= 4 is 5.91 Å². The molecule has 0 aromatic rings. The maximum Gasteiger partial charge on any atom is 0.225 e. The molecule has 0 aromatic carbocycles. The molecule has 84 valence electrons. The molecule has 1 aliphatic rings. The van der Waals surface area contributed by atoms with Gasteiger partial charge in [-0.05, 0) is 25.7 Å². The minimum atomic E-state index is 0.133. The normalized spacial score (nSPS) is 25.7. The number of carbonyl (C=O) groups excluding carboxylic acids is 1. The number of nitriles is 1. The molecule has 4 heteroatoms. The third-order valence-electron chi connectivity index (χ3n) is 3.06. The van der Waals surface area contributed by atoms with E-state index < -0.39 is 0 Å². The van der Waals surface area contributed by atoms with Crippen LogP contribution in [0, 0.1) is 17.2 Å². The van der Waals surface area contributed by atoms with Gasteiger partial charge in [0.1, 0.15) is 0 Å². The molecule has 15 heavy (non-hydrogen) atoms. The number of hydrogen-bond donors (Lipinski definition) is 1. The smallest absolute Gasteiger partial charge is 0.225 e. The Hall–Kier alpha value is -1.08. The third kappa shape index (κ3) is 3.52. The van der Waals surface area contributed by atoms with Crippen LogP contribution in [0.3, 0.4) is 0 Å². The van der Waals surface area contributed by atoms with Crippen molar-refractivity contribution in [1.29, 1.82) is 5.26 Å². The number of amides is 1. The topological polar surface area (TPSA) is 70.1 Å². The predicted octanol–water partition coefficient (Wildman–Crippen LogP) is 0.876. The van der Waals surface area contributed by atoms with Crippen LogP contribution < -0.4 is 5.73 Å². The van der Waals surface area contributed by atoms with Gasteiger partial charge in [0.05, 0.1) is 12.5 Å². The fraction of sp³-hybridized carbons (Fsp3) is 0.818. The molecule has 0 bridgehead atoms. The number of hydrogen-bond acceptors (Lipinski definition) is 3. The average molecular weight is 209 g/mol. The second-order valence-corrected chi connectivity index (χ2v) is 4.28. The van der Waals surface area contributed by atoms with Gasteiger partial charge in [-0.1, -0.05) is 0 Å². The highest BCUT2D eigenvalue weighted by Gasteiger charge is 2.26. The molecule has 0 saturated heterocycles. The summed E-state index contributed by atoms with van der Waals surface area (Å²) in [6, 6.07) is 2.33. The molecule has 1 aliphatic carbocycles. The Kier molecular flexibility index (Phi) is 4.57. The van der Waals surface area contributed by atoms with Gasteiger partial charge in [0.25, 0.3) is 0 Å². The van der Waals surface area contributed by atoms with Crippen molar-refractivity contribution in [3.8, 4) is 6.07 Å². The summed E-state index contributed by atoms with van der Waals surface area (Å²) in [5.74, 6) is 0.311. The van der Waals surface area contributed by atoms with Crippen LogP contribution in [0.1, 0.15) is 32.1 Å². The molecule has 0 aromatic heterocycles. The molecule has 0 unspecified atom stereocenters. The number of nitrogens with two attached hydrogens (primary N) is 1. The van der Waals surface area contributed by atoms with Gasteiger partial charge in [0, 0.05) is 25.6 Å². The molecule has 0 aliphatic heterocycles. The van der Waals surface area contributed by atoms with Gasteiger partial charge in [-0.2, -0.15) is 5.26 Å². The lowest BCUT2D eigenvalue weighted by Gasteiger charge is -2.28. The molecule has 2 N–H and O–H groups in total. The average Bonchev–Trinajstić information content (AvgIpc) is 2.26. The molecular formula is C11H19N3O. The summed E-state index contributed by atoms with van der Waals surface area (Å²) in [7, 11) is 1.77. The summed E-state index contributed by atoms with van der Waals surface area (Å²) >= 11 is 0. The molecule has 0 radical (unpaired) electrons. The Balaban J connectivity index is 2.36. The first-order chi connectivity index (χ1) is 7.15. The second-order valence-electron chi connectivity index (χ2n) is 4.28. The molecule has 1 amide bonds. The van der Waals surface area contributed by atoms with Crippen LogP contribution in [-0.2, 0) is 4.79 Å². The van der Waals surface area contributed by atoms with Crippen molar-refractivity contribution in [2.24, 2.45) is 11.7 Å². The quantitative estimate of drug-likeness (QED) is 0.750. The number of carbonyl (C=O) groups is 1. The zero-order valence-electron chi connectivity index (χ0n) is 9.28. The van der Waals surface area contributed by atoms with Gasteiger partial charge >= 0.3 is 0 Å². The molecule has 4 nitrogen and oxygen atoms in total. The largest absolute Gasteiger partial charge is 0.344 e. The van der Waals surface area contributed by atoms with E-state index in [2.05, 4.69) is 0 Å². The number of rotatable bonds is 3. The SMILES string of the molecule is CN(CCC#N)C(=O)C1CCC(N)CC1. The maximum absolute atomic E-state index is 11.9. The number of nitrogens with zero attached hydrogens (tertiary/aromatic N) is 2. The standard InChI is InChI=1S/C11H19N3O/c1-14(8-2-7-12)11(15)9-3-5-10(13)6-4-9/h9-10H,2-6,8,13H2,1H3. The van der Waals surface area contributed by atoms with E-state index in [1.807, 2.05) is 6.07 Å². The lowest BCUT2D eigenvalue weighted by molar-refractivity contribution is -0.135. The van der Waals surface area contributed by atoms with Crippen molar-refractivity contribution < 1.29 is 4.79 Å². The Morgan fingerprint density at radius 3 is 2.60 bits per heavy atom. The van der Waals surface area contributed by atoms with Crippen molar-refractivity contribution in [2.45, 2.75) is 38.1 Å². The van der Waals surface area contributed by atoms with E-state index in [-0.39, 0.29) is 17.9 Å². The summed E-state index contributed by atoms with van der Waals surface area (Å²) in [4.78, 5) is 13.6. The Labute approximate surface area is 91.0 Å². The van der Waals surface area contributed by atoms with E-state index in [9.17, 15) is 4.79 Å². The summed E-state index contributed by atoms with van der Waals surface area (Å²) in [5.41, 5.74) is 5.79. The predicted molar refractivity (Wildman–Crippen MR) is 57.8 cm³/mol. The van der Waals surface area contributed by atoms with Crippen molar-refractivity contribution in [2.75, 3.05) is 13.6 Å². The van der Waals surface area contributed by atoms with Gasteiger partial charge < -0.3 is 10.6 Å². The first-order valence-electron chi connectivity index (χ1n) is 5.52. The van der Waals surface area contributed by atoms with E-state index in [1.54, 1.807) is 11.9 Å². The summed E-state index contributed by atoms with van der Waals surface area (Å²) in [5, 5.41) is 8.44. The van der Waals surface area contributed by atoms with Gasteiger partial charge in [-0.25, -0.2) is 0 Å². The maximum atomic E-state index is 11.9. The molecule has 0 atom stereocenters. The molecule has 1 saturated carbocycles. The molecule has 1 rings (SSSR count).